The number of carbonyl (C=O) groups is 1. The topological polar surface area (TPSA) is 202 Å². The van der Waals surface area contributed by atoms with Gasteiger partial charge in [-0.1, -0.05) is 294 Å². The van der Waals surface area contributed by atoms with Crippen molar-refractivity contribution in [3.8, 4) is 0 Å². The van der Waals surface area contributed by atoms with Crippen LogP contribution >= 0.6 is 17.2 Å². The first kappa shape index (κ1) is 87.1. The van der Waals surface area contributed by atoms with E-state index in [9.17, 15) is 4.79 Å². The smallest absolute Gasteiger partial charge is 0.335 e. The molecule has 612 valence electrons. The third-order valence-electron chi connectivity index (χ3n) is 20.3. The van der Waals surface area contributed by atoms with Gasteiger partial charge in [-0.3, -0.25) is 13.8 Å². The molecule has 0 spiro atoms. The number of esters is 1. The molecule has 3 heterocycles. The summed E-state index contributed by atoms with van der Waals surface area (Å²) in [5.41, 5.74) is 8.02. The van der Waals surface area contributed by atoms with Gasteiger partial charge in [0.2, 0.25) is 6.29 Å². The number of hydrogen-bond donors (Lipinski definition) is 0. The first-order valence-corrected chi connectivity index (χ1v) is 44.2. The van der Waals surface area contributed by atoms with E-state index in [4.69, 9.17) is 93.1 Å². The van der Waals surface area contributed by atoms with Crippen molar-refractivity contribution in [3.63, 3.8) is 0 Å². The van der Waals surface area contributed by atoms with Crippen LogP contribution in [0.3, 0.4) is 0 Å². The van der Waals surface area contributed by atoms with Gasteiger partial charge in [0, 0.05) is 21.1 Å². The lowest BCUT2D eigenvalue weighted by Gasteiger charge is -2.50. The highest BCUT2D eigenvalue weighted by molar-refractivity contribution is 7.42. The van der Waals surface area contributed by atoms with Gasteiger partial charge in [-0.15, -0.1) is 0 Å². The molecule has 3 aliphatic heterocycles. The molecule has 12 rings (SSSR count). The van der Waals surface area contributed by atoms with Crippen molar-refractivity contribution in [2.75, 3.05) is 34.0 Å². The number of ether oxygens (including phenoxy) is 13. The summed E-state index contributed by atoms with van der Waals surface area (Å²) in [6.45, 7) is 13.5. The van der Waals surface area contributed by atoms with Crippen LogP contribution in [0.2, 0.25) is 18.1 Å². The maximum Gasteiger partial charge on any atom is 0.335 e. The van der Waals surface area contributed by atoms with Crippen molar-refractivity contribution in [2.24, 2.45) is 0 Å². The quantitative estimate of drug-likeness (QED) is 0.0198. The highest BCUT2D eigenvalue weighted by Gasteiger charge is 2.57. The van der Waals surface area contributed by atoms with Crippen molar-refractivity contribution >= 4 is 31.5 Å². The summed E-state index contributed by atoms with van der Waals surface area (Å²) in [6, 6.07) is 88.4. The van der Waals surface area contributed by atoms with Gasteiger partial charge < -0.3 is 84.1 Å². The predicted octanol–water partition coefficient (Wildman–Crippen LogP) is 17.8. The molecule has 3 aliphatic rings. The van der Waals surface area contributed by atoms with Crippen LogP contribution in [0.25, 0.3) is 0 Å². The lowest BCUT2D eigenvalue weighted by atomic mass is 9.98. The van der Waals surface area contributed by atoms with E-state index in [1.807, 2.05) is 273 Å². The van der Waals surface area contributed by atoms with E-state index >= 15 is 0 Å². The molecule has 0 aromatic heterocycles. The molecule has 3 fully saturated rings. The Hall–Kier alpha value is -7.23. The maximum absolute atomic E-state index is 13.3. The molecule has 24 heteroatoms. The first-order chi connectivity index (χ1) is 56.1. The number of rotatable bonds is 43. The number of hydrogen-bond acceptors (Lipinski definition) is 21. The van der Waals surface area contributed by atoms with Crippen molar-refractivity contribution in [1.29, 1.82) is 0 Å². The van der Waals surface area contributed by atoms with Crippen LogP contribution in [0.15, 0.2) is 273 Å². The van der Waals surface area contributed by atoms with Gasteiger partial charge >= 0.3 is 23.2 Å². The van der Waals surface area contributed by atoms with Crippen LogP contribution in [-0.4, -0.2) is 140 Å². The monoisotopic (exact) mass is 1630 g/mol. The fraction of sp³-hybridized carbons (Fsp3) is 0.396. The SMILES string of the molecule is COP(O[C@H]1O[C@H](COCc2ccccc2)[C@@H](O[Si](C)(C)C(C)(C)C)[C@H](OCc2ccccc2)[C@H]1OCc1ccccc1)O[C@H]1[C@H](OCc2ccccc2)[C@@H](OCc2ccccc2)[C@@H](OP(OC)O[C@H]2[C@H](OCc3ccccc3)[C@@H](OCc3ccccc3)C(OC(C)=O)O[C@@H]2COCc2ccccc2)O[C@@H]1COCc1ccccc1. The molecule has 3 unspecified atom stereocenters. The van der Waals surface area contributed by atoms with E-state index in [0.717, 1.165) is 50.1 Å². The van der Waals surface area contributed by atoms with E-state index in [2.05, 4.69) is 33.9 Å². The minimum Gasteiger partial charge on any atom is -0.433 e. The van der Waals surface area contributed by atoms with Crippen molar-refractivity contribution < 1.29 is 97.9 Å². The van der Waals surface area contributed by atoms with Gasteiger partial charge in [0.1, 0.15) is 73.2 Å². The Morgan fingerprint density at radius 2 is 0.539 bits per heavy atom. The van der Waals surface area contributed by atoms with Gasteiger partial charge in [0.25, 0.3) is 0 Å². The van der Waals surface area contributed by atoms with Crippen molar-refractivity contribution in [1.82, 2.24) is 0 Å². The molecule has 0 saturated carbocycles. The summed E-state index contributed by atoms with van der Waals surface area (Å²) in [7, 11) is -4.81. The summed E-state index contributed by atoms with van der Waals surface area (Å²) in [6.07, 6.45) is -16.2. The molecule has 17 atom stereocenters. The Bertz CT molecular complexity index is 4180. The Balaban J connectivity index is 0.933. The number of benzene rings is 9. The zero-order valence-electron chi connectivity index (χ0n) is 66.6. The van der Waals surface area contributed by atoms with E-state index in [1.165, 1.54) is 21.1 Å². The van der Waals surface area contributed by atoms with Crippen LogP contribution in [-0.2, 0) is 157 Å². The van der Waals surface area contributed by atoms with Gasteiger partial charge in [-0.25, -0.2) is 0 Å². The zero-order valence-corrected chi connectivity index (χ0v) is 69.4. The Morgan fingerprint density at radius 1 is 0.313 bits per heavy atom. The van der Waals surface area contributed by atoms with E-state index in [-0.39, 0.29) is 77.7 Å². The second-order valence-corrected chi connectivity index (χ2v) is 37.0. The molecule has 9 aromatic rings. The van der Waals surface area contributed by atoms with Crippen LogP contribution in [0.1, 0.15) is 77.8 Å². The molecule has 21 nitrogen and oxygen atoms in total. The van der Waals surface area contributed by atoms with Gasteiger partial charge in [0.15, 0.2) is 20.9 Å². The largest absolute Gasteiger partial charge is 0.433 e. The summed E-state index contributed by atoms with van der Waals surface area (Å²) in [5.74, 6) is -0.605. The van der Waals surface area contributed by atoms with Crippen molar-refractivity contribution in [3.05, 3.63) is 323 Å². The molecule has 0 bridgehead atoms. The lowest BCUT2D eigenvalue weighted by molar-refractivity contribution is -0.315. The molecule has 0 N–H and O–H groups in total. The summed E-state index contributed by atoms with van der Waals surface area (Å²) >= 11 is 0. The zero-order chi connectivity index (χ0) is 80.0. The maximum atomic E-state index is 13.3. The normalized spacial score (nSPS) is 24.4. The average molecular weight is 1630 g/mol. The molecule has 0 amide bonds. The summed E-state index contributed by atoms with van der Waals surface area (Å²) < 4.78 is 140. The third kappa shape index (κ3) is 26.4. The standard InChI is InChI=1S/C91H108O21P2Si/c1-66(92)104-88-85(101-60-73-48-30-15-31-49-73)82(98-57-70-42-24-12-25-43-70)79(76(105-88)63-95-54-67-36-18-9-19-37-67)108-113(93-5)110-89-86(102-61-74-50-32-16-33-51-74)83(99-58-71-44-26-13-27-45-71)80(77(106-89)64-96-55-68-38-20-10-21-39-68)109-114(94-6)111-90-87(103-62-75-52-34-17-35-53-75)84(100-59-72-46-28-14-29-47-72)81(112-115(7,8)91(2,3)4)78(107-90)65-97-56-69-40-22-11-23-41-69/h9-53,76-90H,54-65H2,1-8H3/t76-,77-,78-,79-,80-,81-,82+,83+,84+,85-,86-,87-,88?,89-,90-,113?,114?/m1/s1. The summed E-state index contributed by atoms with van der Waals surface area (Å²) in [5, 5.41) is -0.238. The average Bonchev–Trinajstić information content (AvgIpc) is 0.780. The van der Waals surface area contributed by atoms with Gasteiger partial charge in [-0.2, -0.15) is 0 Å². The molecule has 9 aromatic carbocycles. The highest BCUT2D eigenvalue weighted by Crippen LogP contribution is 2.52. The van der Waals surface area contributed by atoms with E-state index in [0.29, 0.717) is 6.61 Å². The Labute approximate surface area is 680 Å². The molecule has 0 radical (unpaired) electrons. The van der Waals surface area contributed by atoms with Crippen LogP contribution in [0, 0.1) is 0 Å². The second-order valence-electron chi connectivity index (χ2n) is 29.8. The van der Waals surface area contributed by atoms with Crippen molar-refractivity contribution in [2.45, 2.75) is 197 Å². The molecule has 3 saturated heterocycles. The fourth-order valence-electron chi connectivity index (χ4n) is 13.3. The van der Waals surface area contributed by atoms with E-state index in [1.54, 1.807) is 0 Å². The molecular weight excluding hydrogens is 1520 g/mol. The first-order valence-electron chi connectivity index (χ1n) is 39.1. The minimum absolute atomic E-state index is 0.0420. The fourth-order valence-corrected chi connectivity index (χ4v) is 16.6. The molecule has 0 aliphatic carbocycles. The summed E-state index contributed by atoms with van der Waals surface area (Å²) in [4.78, 5) is 13.3. The van der Waals surface area contributed by atoms with Gasteiger partial charge in [-0.05, 0) is 68.2 Å². The van der Waals surface area contributed by atoms with Crippen LogP contribution < -0.4 is 0 Å². The highest BCUT2D eigenvalue weighted by atomic mass is 31.2. The second kappa shape index (κ2) is 45.1. The van der Waals surface area contributed by atoms with Crippen LogP contribution in [0.5, 0.6) is 0 Å². The minimum atomic E-state index is -2.67. The Morgan fingerprint density at radius 3 is 0.791 bits per heavy atom. The number of carbonyl (C=O) groups excluding carboxylic acids is 1. The van der Waals surface area contributed by atoms with Crippen LogP contribution in [0.4, 0.5) is 0 Å². The van der Waals surface area contributed by atoms with E-state index < -0.39 is 124 Å². The molecule has 115 heavy (non-hydrogen) atoms. The third-order valence-corrected chi connectivity index (χ3v) is 26.9. The predicted molar refractivity (Wildman–Crippen MR) is 438 cm³/mol. The lowest BCUT2D eigenvalue weighted by Crippen LogP contribution is -2.64. The Kier molecular flexibility index (Phi) is 34.1. The molecular formula is C91H108O21P2Si. The van der Waals surface area contributed by atoms with Gasteiger partial charge in [0.05, 0.1) is 79.3 Å².